The smallest absolute Gasteiger partial charge is 0.228 e. The van der Waals surface area contributed by atoms with Gasteiger partial charge in [0, 0.05) is 31.9 Å². The molecule has 1 heterocycles. The average Bonchev–Trinajstić information content (AvgIpc) is 2.94. The Morgan fingerprint density at radius 3 is 2.57 bits per heavy atom. The van der Waals surface area contributed by atoms with E-state index < -0.39 is 0 Å². The van der Waals surface area contributed by atoms with E-state index in [2.05, 4.69) is 15.3 Å². The van der Waals surface area contributed by atoms with Crippen LogP contribution in [0.2, 0.25) is 0 Å². The molecule has 0 saturated carbocycles. The molecule has 1 aromatic carbocycles. The van der Waals surface area contributed by atoms with Crippen molar-refractivity contribution in [1.29, 1.82) is 0 Å². The highest BCUT2D eigenvalue weighted by molar-refractivity contribution is 5.85. The SMILES string of the molecule is Cl.Cl.NCC(C(=O)NCCc1ncc[nH]1)c1ccccc1. The number of nitrogens with two attached hydrogens (primary N) is 1. The van der Waals surface area contributed by atoms with Gasteiger partial charge in [-0.05, 0) is 5.56 Å². The van der Waals surface area contributed by atoms with Crippen LogP contribution in [-0.2, 0) is 11.2 Å². The van der Waals surface area contributed by atoms with Gasteiger partial charge in [-0.25, -0.2) is 4.98 Å². The van der Waals surface area contributed by atoms with Crippen LogP contribution in [0.1, 0.15) is 17.3 Å². The quantitative estimate of drug-likeness (QED) is 0.753. The molecule has 0 aliphatic heterocycles. The van der Waals surface area contributed by atoms with Crippen molar-refractivity contribution in [2.75, 3.05) is 13.1 Å². The molecule has 1 atom stereocenters. The molecule has 1 amide bonds. The number of hydrogen-bond donors (Lipinski definition) is 3. The van der Waals surface area contributed by atoms with E-state index in [0.29, 0.717) is 19.5 Å². The third kappa shape index (κ3) is 5.75. The Labute approximate surface area is 136 Å². The monoisotopic (exact) mass is 330 g/mol. The summed E-state index contributed by atoms with van der Waals surface area (Å²) in [7, 11) is 0. The van der Waals surface area contributed by atoms with Gasteiger partial charge >= 0.3 is 0 Å². The predicted octanol–water partition coefficient (Wildman–Crippen LogP) is 1.65. The Hall–Kier alpha value is -1.56. The van der Waals surface area contributed by atoms with E-state index in [4.69, 9.17) is 5.73 Å². The fraction of sp³-hybridized carbons (Fsp3) is 0.286. The van der Waals surface area contributed by atoms with E-state index in [1.165, 1.54) is 0 Å². The Kier molecular flexibility index (Phi) is 9.45. The highest BCUT2D eigenvalue weighted by Crippen LogP contribution is 2.13. The summed E-state index contributed by atoms with van der Waals surface area (Å²) in [4.78, 5) is 19.2. The molecule has 0 spiro atoms. The topological polar surface area (TPSA) is 83.8 Å². The number of nitrogens with zero attached hydrogens (tertiary/aromatic N) is 1. The number of nitrogens with one attached hydrogen (secondary N) is 2. The molecule has 5 nitrogen and oxygen atoms in total. The highest BCUT2D eigenvalue weighted by Gasteiger charge is 2.18. The minimum Gasteiger partial charge on any atom is -0.355 e. The number of aromatic amines is 1. The van der Waals surface area contributed by atoms with Crippen LogP contribution in [0, 0.1) is 0 Å². The summed E-state index contributed by atoms with van der Waals surface area (Å²) >= 11 is 0. The first kappa shape index (κ1) is 19.4. The van der Waals surface area contributed by atoms with E-state index in [9.17, 15) is 4.79 Å². The van der Waals surface area contributed by atoms with Crippen LogP contribution >= 0.6 is 24.8 Å². The zero-order valence-electron chi connectivity index (χ0n) is 11.5. The van der Waals surface area contributed by atoms with Crippen molar-refractivity contribution in [3.8, 4) is 0 Å². The minimum absolute atomic E-state index is 0. The molecule has 4 N–H and O–H groups in total. The fourth-order valence-electron chi connectivity index (χ4n) is 1.94. The summed E-state index contributed by atoms with van der Waals surface area (Å²) in [6, 6.07) is 9.58. The first-order chi connectivity index (χ1) is 9.31. The third-order valence-corrected chi connectivity index (χ3v) is 2.97. The molecule has 21 heavy (non-hydrogen) atoms. The van der Waals surface area contributed by atoms with Gasteiger partial charge in [0.2, 0.25) is 5.91 Å². The second-order valence-corrected chi connectivity index (χ2v) is 4.28. The van der Waals surface area contributed by atoms with Gasteiger partial charge in [-0.15, -0.1) is 24.8 Å². The largest absolute Gasteiger partial charge is 0.355 e. The number of carbonyl (C=O) groups excluding carboxylic acids is 1. The standard InChI is InChI=1S/C14H18N4O.2ClH/c15-10-12(11-4-2-1-3-5-11)14(19)18-7-6-13-16-8-9-17-13;;/h1-5,8-9,12H,6-7,10,15H2,(H,16,17)(H,18,19);2*1H. The Bertz CT molecular complexity index is 505. The van der Waals surface area contributed by atoms with Crippen molar-refractivity contribution in [1.82, 2.24) is 15.3 Å². The molecular weight excluding hydrogens is 311 g/mol. The van der Waals surface area contributed by atoms with E-state index in [1.807, 2.05) is 30.3 Å². The van der Waals surface area contributed by atoms with Gasteiger partial charge in [0.15, 0.2) is 0 Å². The van der Waals surface area contributed by atoms with Gasteiger partial charge in [-0.2, -0.15) is 0 Å². The summed E-state index contributed by atoms with van der Waals surface area (Å²) in [6.07, 6.45) is 4.15. The van der Waals surface area contributed by atoms with Gasteiger partial charge < -0.3 is 16.0 Å². The lowest BCUT2D eigenvalue weighted by molar-refractivity contribution is -0.122. The maximum absolute atomic E-state index is 12.1. The highest BCUT2D eigenvalue weighted by atomic mass is 35.5. The lowest BCUT2D eigenvalue weighted by Crippen LogP contribution is -2.34. The average molecular weight is 331 g/mol. The van der Waals surface area contributed by atoms with Crippen molar-refractivity contribution in [3.05, 3.63) is 54.1 Å². The van der Waals surface area contributed by atoms with Gasteiger partial charge in [-0.1, -0.05) is 30.3 Å². The van der Waals surface area contributed by atoms with Crippen LogP contribution in [0.15, 0.2) is 42.7 Å². The molecule has 0 radical (unpaired) electrons. The number of H-pyrrole nitrogens is 1. The molecule has 2 aromatic rings. The second kappa shape index (κ2) is 10.2. The number of hydrogen-bond acceptors (Lipinski definition) is 3. The first-order valence-electron chi connectivity index (χ1n) is 6.32. The van der Waals surface area contributed by atoms with E-state index in [0.717, 1.165) is 11.4 Å². The van der Waals surface area contributed by atoms with Crippen molar-refractivity contribution in [2.45, 2.75) is 12.3 Å². The number of aromatic nitrogens is 2. The van der Waals surface area contributed by atoms with Crippen LogP contribution < -0.4 is 11.1 Å². The molecule has 0 bridgehead atoms. The summed E-state index contributed by atoms with van der Waals surface area (Å²) in [5.74, 6) is 0.530. The van der Waals surface area contributed by atoms with Crippen LogP contribution in [0.4, 0.5) is 0 Å². The Morgan fingerprint density at radius 2 is 2.00 bits per heavy atom. The molecule has 0 fully saturated rings. The molecule has 1 unspecified atom stereocenters. The minimum atomic E-state index is -0.294. The Morgan fingerprint density at radius 1 is 1.29 bits per heavy atom. The van der Waals surface area contributed by atoms with Gasteiger partial charge in [0.25, 0.3) is 0 Å². The van der Waals surface area contributed by atoms with Gasteiger partial charge in [0.1, 0.15) is 5.82 Å². The van der Waals surface area contributed by atoms with Crippen molar-refractivity contribution in [2.24, 2.45) is 5.73 Å². The van der Waals surface area contributed by atoms with Crippen LogP contribution in [-0.4, -0.2) is 29.0 Å². The summed E-state index contributed by atoms with van der Waals surface area (Å²) in [6.45, 7) is 0.853. The van der Waals surface area contributed by atoms with Crippen molar-refractivity contribution >= 4 is 30.7 Å². The maximum Gasteiger partial charge on any atom is 0.228 e. The normalized spacial score (nSPS) is 10.9. The van der Waals surface area contributed by atoms with E-state index >= 15 is 0 Å². The third-order valence-electron chi connectivity index (χ3n) is 2.97. The summed E-state index contributed by atoms with van der Waals surface area (Å²) in [5, 5.41) is 2.89. The summed E-state index contributed by atoms with van der Waals surface area (Å²) in [5.41, 5.74) is 6.64. The number of imidazole rings is 1. The number of amides is 1. The molecule has 0 aliphatic carbocycles. The molecule has 116 valence electrons. The fourth-order valence-corrected chi connectivity index (χ4v) is 1.94. The molecule has 0 saturated heterocycles. The number of halogens is 2. The number of carbonyl (C=O) groups is 1. The first-order valence-corrected chi connectivity index (χ1v) is 6.32. The van der Waals surface area contributed by atoms with E-state index in [-0.39, 0.29) is 36.6 Å². The summed E-state index contributed by atoms with van der Waals surface area (Å²) < 4.78 is 0. The van der Waals surface area contributed by atoms with Gasteiger partial charge in [-0.3, -0.25) is 4.79 Å². The van der Waals surface area contributed by atoms with Crippen LogP contribution in [0.25, 0.3) is 0 Å². The molecule has 0 aliphatic rings. The van der Waals surface area contributed by atoms with Crippen LogP contribution in [0.3, 0.4) is 0 Å². The molecule has 7 heteroatoms. The second-order valence-electron chi connectivity index (χ2n) is 4.28. The zero-order valence-corrected chi connectivity index (χ0v) is 13.1. The van der Waals surface area contributed by atoms with Crippen LogP contribution in [0.5, 0.6) is 0 Å². The van der Waals surface area contributed by atoms with Gasteiger partial charge in [0.05, 0.1) is 5.92 Å². The number of benzene rings is 1. The van der Waals surface area contributed by atoms with Crippen molar-refractivity contribution in [3.63, 3.8) is 0 Å². The lowest BCUT2D eigenvalue weighted by Gasteiger charge is -2.14. The predicted molar refractivity (Wildman–Crippen MR) is 88.0 cm³/mol. The zero-order chi connectivity index (χ0) is 13.5. The Balaban J connectivity index is 0.00000200. The lowest BCUT2D eigenvalue weighted by atomic mass is 9.98. The molecular formula is C14H20Cl2N4O. The molecule has 1 aromatic heterocycles. The molecule has 2 rings (SSSR count). The van der Waals surface area contributed by atoms with Crippen molar-refractivity contribution < 1.29 is 4.79 Å². The maximum atomic E-state index is 12.1. The van der Waals surface area contributed by atoms with E-state index in [1.54, 1.807) is 12.4 Å². The number of rotatable bonds is 6.